The van der Waals surface area contributed by atoms with Gasteiger partial charge in [-0.05, 0) is 58.2 Å². The van der Waals surface area contributed by atoms with E-state index < -0.39 is 0 Å². The van der Waals surface area contributed by atoms with Gasteiger partial charge >= 0.3 is 0 Å². The van der Waals surface area contributed by atoms with Crippen molar-refractivity contribution in [3.8, 4) is 0 Å². The van der Waals surface area contributed by atoms with Gasteiger partial charge in [-0.1, -0.05) is 20.8 Å². The van der Waals surface area contributed by atoms with Crippen LogP contribution in [-0.2, 0) is 0 Å². The van der Waals surface area contributed by atoms with Gasteiger partial charge in [0.2, 0.25) is 0 Å². The highest BCUT2D eigenvalue weighted by molar-refractivity contribution is 4.89. The van der Waals surface area contributed by atoms with E-state index in [1.165, 1.54) is 45.2 Å². The number of nitrogens with zero attached hydrogens (tertiary/aromatic N) is 1. The van der Waals surface area contributed by atoms with E-state index in [-0.39, 0.29) is 0 Å². The molecule has 0 amide bonds. The third-order valence-corrected chi connectivity index (χ3v) is 3.94. The zero-order valence-electron chi connectivity index (χ0n) is 11.6. The number of nitrogens with one attached hydrogen (secondary N) is 1. The van der Waals surface area contributed by atoms with Crippen LogP contribution in [0.15, 0.2) is 0 Å². The molecule has 1 aliphatic rings. The first-order chi connectivity index (χ1) is 7.72. The summed E-state index contributed by atoms with van der Waals surface area (Å²) in [7, 11) is 2.13. The molecule has 0 aromatic rings. The average molecular weight is 226 g/mol. The predicted molar refractivity (Wildman–Crippen MR) is 71.8 cm³/mol. The first kappa shape index (κ1) is 14.0. The van der Waals surface area contributed by atoms with E-state index in [9.17, 15) is 0 Å². The Balaban J connectivity index is 2.61. The molecule has 0 aliphatic heterocycles. The Kier molecular flexibility index (Phi) is 6.37. The van der Waals surface area contributed by atoms with Crippen molar-refractivity contribution in [3.05, 3.63) is 0 Å². The van der Waals surface area contributed by atoms with Crippen molar-refractivity contribution < 1.29 is 0 Å². The Morgan fingerprint density at radius 3 is 2.25 bits per heavy atom. The summed E-state index contributed by atoms with van der Waals surface area (Å²) in [6, 6.07) is 1.49. The molecule has 1 fully saturated rings. The monoisotopic (exact) mass is 226 g/mol. The fourth-order valence-corrected chi connectivity index (χ4v) is 3.11. The molecule has 0 spiro atoms. The summed E-state index contributed by atoms with van der Waals surface area (Å²) in [5, 5.41) is 3.53. The highest BCUT2D eigenvalue weighted by atomic mass is 15.2. The zero-order chi connectivity index (χ0) is 12.0. The van der Waals surface area contributed by atoms with Crippen molar-refractivity contribution in [1.29, 1.82) is 0 Å². The normalized spacial score (nSPS) is 30.9. The molecule has 0 heterocycles. The van der Waals surface area contributed by atoms with Crippen LogP contribution in [0.3, 0.4) is 0 Å². The molecular weight excluding hydrogens is 196 g/mol. The number of hydrogen-bond donors (Lipinski definition) is 1. The van der Waals surface area contributed by atoms with Crippen molar-refractivity contribution >= 4 is 0 Å². The van der Waals surface area contributed by atoms with Crippen molar-refractivity contribution in [2.24, 2.45) is 5.92 Å². The van der Waals surface area contributed by atoms with Gasteiger partial charge in [-0.25, -0.2) is 0 Å². The molecule has 2 heteroatoms. The van der Waals surface area contributed by atoms with Crippen LogP contribution in [0.5, 0.6) is 0 Å². The SMILES string of the molecule is CCCN(CCC)C1CC(C)CCC1NC. The molecule has 0 aromatic heterocycles. The summed E-state index contributed by atoms with van der Waals surface area (Å²) in [6.45, 7) is 9.54. The van der Waals surface area contributed by atoms with Crippen LogP contribution in [0.4, 0.5) is 0 Å². The molecule has 3 unspecified atom stereocenters. The van der Waals surface area contributed by atoms with Gasteiger partial charge in [0, 0.05) is 12.1 Å². The summed E-state index contributed by atoms with van der Waals surface area (Å²) < 4.78 is 0. The predicted octanol–water partition coefficient (Wildman–Crippen LogP) is 2.89. The Morgan fingerprint density at radius 2 is 1.75 bits per heavy atom. The van der Waals surface area contributed by atoms with Crippen LogP contribution < -0.4 is 5.32 Å². The minimum absolute atomic E-state index is 0.717. The van der Waals surface area contributed by atoms with E-state index in [0.29, 0.717) is 6.04 Å². The summed E-state index contributed by atoms with van der Waals surface area (Å²) in [6.07, 6.45) is 6.69. The second kappa shape index (κ2) is 7.29. The zero-order valence-corrected chi connectivity index (χ0v) is 11.6. The molecule has 1 saturated carbocycles. The standard InChI is InChI=1S/C14H30N2/c1-5-9-16(10-6-2)14-11-12(3)7-8-13(14)15-4/h12-15H,5-11H2,1-4H3. The molecule has 1 rings (SSSR count). The quantitative estimate of drug-likeness (QED) is 0.749. The van der Waals surface area contributed by atoms with Crippen molar-refractivity contribution in [2.75, 3.05) is 20.1 Å². The molecule has 96 valence electrons. The Morgan fingerprint density at radius 1 is 1.12 bits per heavy atom. The smallest absolute Gasteiger partial charge is 0.0251 e. The van der Waals surface area contributed by atoms with E-state index in [1.54, 1.807) is 0 Å². The van der Waals surface area contributed by atoms with Gasteiger partial charge in [0.25, 0.3) is 0 Å². The Bertz CT molecular complexity index is 176. The highest BCUT2D eigenvalue weighted by Gasteiger charge is 2.31. The molecule has 0 saturated heterocycles. The lowest BCUT2D eigenvalue weighted by molar-refractivity contribution is 0.104. The van der Waals surface area contributed by atoms with E-state index in [4.69, 9.17) is 0 Å². The first-order valence-corrected chi connectivity index (χ1v) is 7.14. The summed E-state index contributed by atoms with van der Waals surface area (Å²) >= 11 is 0. The second-order valence-corrected chi connectivity index (χ2v) is 5.42. The van der Waals surface area contributed by atoms with Gasteiger partial charge in [0.1, 0.15) is 0 Å². The van der Waals surface area contributed by atoms with Gasteiger partial charge in [-0.2, -0.15) is 0 Å². The van der Waals surface area contributed by atoms with Crippen LogP contribution in [0, 0.1) is 5.92 Å². The van der Waals surface area contributed by atoms with E-state index in [2.05, 4.69) is 38.0 Å². The lowest BCUT2D eigenvalue weighted by atomic mass is 9.82. The fraction of sp³-hybridized carbons (Fsp3) is 1.00. The van der Waals surface area contributed by atoms with Crippen LogP contribution in [-0.4, -0.2) is 37.1 Å². The molecule has 0 aromatic carbocycles. The Hall–Kier alpha value is -0.0800. The van der Waals surface area contributed by atoms with Gasteiger partial charge in [-0.15, -0.1) is 0 Å². The molecule has 1 N–H and O–H groups in total. The first-order valence-electron chi connectivity index (χ1n) is 7.14. The summed E-state index contributed by atoms with van der Waals surface area (Å²) in [5.74, 6) is 0.908. The average Bonchev–Trinajstić information content (AvgIpc) is 2.29. The maximum Gasteiger partial charge on any atom is 0.0251 e. The molecule has 3 atom stereocenters. The summed E-state index contributed by atoms with van der Waals surface area (Å²) in [4.78, 5) is 2.72. The summed E-state index contributed by atoms with van der Waals surface area (Å²) in [5.41, 5.74) is 0. The molecule has 1 aliphatic carbocycles. The van der Waals surface area contributed by atoms with Crippen molar-refractivity contribution in [3.63, 3.8) is 0 Å². The molecule has 2 nitrogen and oxygen atoms in total. The maximum atomic E-state index is 3.53. The fourth-order valence-electron chi connectivity index (χ4n) is 3.11. The van der Waals surface area contributed by atoms with Gasteiger partial charge < -0.3 is 5.32 Å². The maximum absolute atomic E-state index is 3.53. The van der Waals surface area contributed by atoms with Gasteiger partial charge in [-0.3, -0.25) is 4.90 Å². The van der Waals surface area contributed by atoms with Crippen molar-refractivity contribution in [1.82, 2.24) is 10.2 Å². The number of rotatable bonds is 6. The van der Waals surface area contributed by atoms with Crippen molar-refractivity contribution in [2.45, 2.75) is 65.0 Å². The van der Waals surface area contributed by atoms with Gasteiger partial charge in [0.15, 0.2) is 0 Å². The second-order valence-electron chi connectivity index (χ2n) is 5.42. The van der Waals surface area contributed by atoms with Crippen LogP contribution >= 0.6 is 0 Å². The molecule has 0 radical (unpaired) electrons. The largest absolute Gasteiger partial charge is 0.315 e. The van der Waals surface area contributed by atoms with Crippen LogP contribution in [0.25, 0.3) is 0 Å². The number of likely N-dealkylation sites (N-methyl/N-ethyl adjacent to an activating group) is 1. The molecular formula is C14H30N2. The molecule has 16 heavy (non-hydrogen) atoms. The lowest BCUT2D eigenvalue weighted by Crippen LogP contribution is -2.52. The van der Waals surface area contributed by atoms with E-state index in [0.717, 1.165) is 12.0 Å². The third kappa shape index (κ3) is 3.74. The Labute approximate surface area is 102 Å². The minimum atomic E-state index is 0.717. The lowest BCUT2D eigenvalue weighted by Gasteiger charge is -2.42. The highest BCUT2D eigenvalue weighted by Crippen LogP contribution is 2.28. The topological polar surface area (TPSA) is 15.3 Å². The minimum Gasteiger partial charge on any atom is -0.315 e. The van der Waals surface area contributed by atoms with Gasteiger partial charge in [0.05, 0.1) is 0 Å². The van der Waals surface area contributed by atoms with Crippen LogP contribution in [0.1, 0.15) is 52.9 Å². The van der Waals surface area contributed by atoms with Crippen LogP contribution in [0.2, 0.25) is 0 Å². The third-order valence-electron chi connectivity index (χ3n) is 3.94. The van der Waals surface area contributed by atoms with E-state index >= 15 is 0 Å². The molecule has 0 bridgehead atoms. The van der Waals surface area contributed by atoms with E-state index in [1.807, 2.05) is 0 Å². The number of hydrogen-bond acceptors (Lipinski definition) is 2.